The molecule has 1 heterocycles. The van der Waals surface area contributed by atoms with E-state index in [1.54, 1.807) is 0 Å². The molecule has 2 rings (SSSR count). The monoisotopic (exact) mass is 304 g/mol. The summed E-state index contributed by atoms with van der Waals surface area (Å²) < 4.78 is 0. The minimum Gasteiger partial charge on any atom is -0.356 e. The molecule has 7 heteroatoms. The number of hydrogen-bond acceptors (Lipinski definition) is 3. The van der Waals surface area contributed by atoms with E-state index in [1.165, 1.54) is 6.92 Å². The Morgan fingerprint density at radius 2 is 1.95 bits per heavy atom. The smallest absolute Gasteiger partial charge is 0.323 e. The summed E-state index contributed by atoms with van der Waals surface area (Å²) in [5.41, 5.74) is 3.48. The van der Waals surface area contributed by atoms with Crippen LogP contribution >= 0.6 is 0 Å². The van der Waals surface area contributed by atoms with Gasteiger partial charge in [0, 0.05) is 19.9 Å². The van der Waals surface area contributed by atoms with Crippen molar-refractivity contribution >= 4 is 28.5 Å². The van der Waals surface area contributed by atoms with Crippen LogP contribution in [-0.4, -0.2) is 28.3 Å². The van der Waals surface area contributed by atoms with Crippen LogP contribution < -0.4 is 16.3 Å². The number of carbonyl (C=O) groups excluding carboxylic acids is 2. The van der Waals surface area contributed by atoms with Gasteiger partial charge in [-0.15, -0.1) is 0 Å². The summed E-state index contributed by atoms with van der Waals surface area (Å²) in [7, 11) is 0. The number of imidazole rings is 1. The van der Waals surface area contributed by atoms with Gasteiger partial charge < -0.3 is 20.6 Å². The van der Waals surface area contributed by atoms with Gasteiger partial charge in [0.25, 0.3) is 0 Å². The lowest BCUT2D eigenvalue weighted by molar-refractivity contribution is -0.119. The molecule has 1 aromatic carbocycles. The number of aromatic amines is 2. The van der Waals surface area contributed by atoms with Crippen LogP contribution in [0.25, 0.3) is 11.0 Å². The summed E-state index contributed by atoms with van der Waals surface area (Å²) in [6.45, 7) is 5.72. The Bertz CT molecular complexity index is 773. The first-order valence-electron chi connectivity index (χ1n) is 7.15. The molecule has 0 aliphatic rings. The molecule has 0 aliphatic heterocycles. The zero-order valence-electron chi connectivity index (χ0n) is 12.9. The highest BCUT2D eigenvalue weighted by atomic mass is 16.2. The molecule has 2 aromatic rings. The topological polar surface area (TPSA) is 107 Å². The number of rotatable bonds is 5. The van der Waals surface area contributed by atoms with E-state index in [0.29, 0.717) is 36.1 Å². The zero-order chi connectivity index (χ0) is 16.3. The minimum atomic E-state index is -0.304. The van der Waals surface area contributed by atoms with Crippen LogP contribution in [0.2, 0.25) is 0 Å². The van der Waals surface area contributed by atoms with E-state index in [9.17, 15) is 14.4 Å². The van der Waals surface area contributed by atoms with Gasteiger partial charge in [-0.25, -0.2) is 4.79 Å². The van der Waals surface area contributed by atoms with Gasteiger partial charge in [0.1, 0.15) is 0 Å². The van der Waals surface area contributed by atoms with E-state index in [1.807, 2.05) is 19.9 Å². The summed E-state index contributed by atoms with van der Waals surface area (Å²) in [5.74, 6) is -0.260. The minimum absolute atomic E-state index is 0.110. The molecular weight excluding hydrogens is 284 g/mol. The van der Waals surface area contributed by atoms with Gasteiger partial charge in [-0.3, -0.25) is 9.59 Å². The standard InChI is InChI=1S/C15H20N4O3/c1-8-7-11-14(19-15(22)17-11)13(9(8)2)18-12(21)5-4-6-16-10(3)20/h7H,4-6H2,1-3H3,(H,16,20)(H,18,21)(H2,17,19,22). The second-order valence-corrected chi connectivity index (χ2v) is 5.33. The van der Waals surface area contributed by atoms with Crippen molar-refractivity contribution in [3.8, 4) is 0 Å². The summed E-state index contributed by atoms with van der Waals surface area (Å²) in [6.07, 6.45) is 0.854. The Hall–Kier alpha value is -2.57. The Morgan fingerprint density at radius 3 is 2.64 bits per heavy atom. The number of amides is 2. The molecule has 118 valence electrons. The van der Waals surface area contributed by atoms with Gasteiger partial charge in [-0.1, -0.05) is 0 Å². The maximum atomic E-state index is 12.0. The summed E-state index contributed by atoms with van der Waals surface area (Å²) in [6, 6.07) is 1.87. The summed E-state index contributed by atoms with van der Waals surface area (Å²) in [4.78, 5) is 39.7. The maximum Gasteiger partial charge on any atom is 0.323 e. The van der Waals surface area contributed by atoms with E-state index >= 15 is 0 Å². The second kappa shape index (κ2) is 6.46. The predicted molar refractivity (Wildman–Crippen MR) is 84.9 cm³/mol. The molecule has 0 fully saturated rings. The van der Waals surface area contributed by atoms with Crippen molar-refractivity contribution in [1.82, 2.24) is 15.3 Å². The molecule has 0 spiro atoms. The highest BCUT2D eigenvalue weighted by Gasteiger charge is 2.13. The number of H-pyrrole nitrogens is 2. The Morgan fingerprint density at radius 1 is 1.23 bits per heavy atom. The fraction of sp³-hybridized carbons (Fsp3) is 0.400. The van der Waals surface area contributed by atoms with E-state index in [0.717, 1.165) is 11.1 Å². The van der Waals surface area contributed by atoms with Crippen molar-refractivity contribution in [2.45, 2.75) is 33.6 Å². The molecular formula is C15H20N4O3. The number of fused-ring (bicyclic) bond motifs is 1. The SMILES string of the molecule is CC(=O)NCCCC(=O)Nc1c(C)c(C)cc2[nH]c(=O)[nH]c12. The molecule has 0 radical (unpaired) electrons. The Balaban J connectivity index is 2.13. The summed E-state index contributed by atoms with van der Waals surface area (Å²) in [5, 5.41) is 5.50. The van der Waals surface area contributed by atoms with Crippen LogP contribution in [0, 0.1) is 13.8 Å². The number of benzene rings is 1. The maximum absolute atomic E-state index is 12.0. The molecule has 1 aromatic heterocycles. The van der Waals surface area contributed by atoms with Crippen LogP contribution in [-0.2, 0) is 9.59 Å². The van der Waals surface area contributed by atoms with Crippen molar-refractivity contribution in [3.63, 3.8) is 0 Å². The van der Waals surface area contributed by atoms with E-state index in [-0.39, 0.29) is 17.5 Å². The average molecular weight is 304 g/mol. The molecule has 7 nitrogen and oxygen atoms in total. The Labute approximate surface area is 127 Å². The number of aryl methyl sites for hydroxylation is 1. The van der Waals surface area contributed by atoms with Gasteiger partial charge in [0.2, 0.25) is 11.8 Å². The molecule has 2 amide bonds. The fourth-order valence-electron chi connectivity index (χ4n) is 2.28. The largest absolute Gasteiger partial charge is 0.356 e. The van der Waals surface area contributed by atoms with Crippen LogP contribution in [0.15, 0.2) is 10.9 Å². The molecule has 0 atom stereocenters. The molecule has 0 saturated carbocycles. The lowest BCUT2D eigenvalue weighted by Crippen LogP contribution is -2.22. The van der Waals surface area contributed by atoms with E-state index in [4.69, 9.17) is 0 Å². The van der Waals surface area contributed by atoms with Crippen molar-refractivity contribution in [3.05, 3.63) is 27.7 Å². The second-order valence-electron chi connectivity index (χ2n) is 5.33. The number of anilines is 1. The summed E-state index contributed by atoms with van der Waals surface area (Å²) >= 11 is 0. The third kappa shape index (κ3) is 3.55. The molecule has 0 aliphatic carbocycles. The van der Waals surface area contributed by atoms with Crippen molar-refractivity contribution in [2.75, 3.05) is 11.9 Å². The first-order chi connectivity index (χ1) is 10.4. The Kier molecular flexibility index (Phi) is 4.65. The highest BCUT2D eigenvalue weighted by molar-refractivity contribution is 6.01. The van der Waals surface area contributed by atoms with E-state index in [2.05, 4.69) is 20.6 Å². The number of hydrogen-bond donors (Lipinski definition) is 4. The fourth-order valence-corrected chi connectivity index (χ4v) is 2.28. The van der Waals surface area contributed by atoms with Gasteiger partial charge in [0.05, 0.1) is 16.7 Å². The normalized spacial score (nSPS) is 10.7. The van der Waals surface area contributed by atoms with E-state index < -0.39 is 0 Å². The predicted octanol–water partition coefficient (Wildman–Crippen LogP) is 1.33. The molecule has 0 unspecified atom stereocenters. The lowest BCUT2D eigenvalue weighted by Gasteiger charge is -2.12. The molecule has 0 saturated heterocycles. The van der Waals surface area contributed by atoms with Crippen molar-refractivity contribution < 1.29 is 9.59 Å². The molecule has 22 heavy (non-hydrogen) atoms. The van der Waals surface area contributed by atoms with Crippen LogP contribution in [0.3, 0.4) is 0 Å². The van der Waals surface area contributed by atoms with Gasteiger partial charge in [-0.2, -0.15) is 0 Å². The van der Waals surface area contributed by atoms with Gasteiger partial charge in [0.15, 0.2) is 0 Å². The third-order valence-electron chi connectivity index (χ3n) is 3.55. The average Bonchev–Trinajstić information content (AvgIpc) is 2.80. The van der Waals surface area contributed by atoms with Crippen LogP contribution in [0.1, 0.15) is 30.9 Å². The lowest BCUT2D eigenvalue weighted by atomic mass is 10.1. The highest BCUT2D eigenvalue weighted by Crippen LogP contribution is 2.27. The molecule has 0 bridgehead atoms. The first kappa shape index (κ1) is 15.8. The zero-order valence-corrected chi connectivity index (χ0v) is 12.9. The van der Waals surface area contributed by atoms with Gasteiger partial charge in [-0.05, 0) is 37.5 Å². The first-order valence-corrected chi connectivity index (χ1v) is 7.15. The van der Waals surface area contributed by atoms with Gasteiger partial charge >= 0.3 is 5.69 Å². The third-order valence-corrected chi connectivity index (χ3v) is 3.55. The number of carbonyl (C=O) groups is 2. The molecule has 4 N–H and O–H groups in total. The number of aromatic nitrogens is 2. The van der Waals surface area contributed by atoms with Crippen LogP contribution in [0.4, 0.5) is 5.69 Å². The quantitative estimate of drug-likeness (QED) is 0.626. The number of nitrogens with one attached hydrogen (secondary N) is 4. The van der Waals surface area contributed by atoms with Crippen LogP contribution in [0.5, 0.6) is 0 Å². The van der Waals surface area contributed by atoms with Crippen molar-refractivity contribution in [2.24, 2.45) is 0 Å². The van der Waals surface area contributed by atoms with Crippen molar-refractivity contribution in [1.29, 1.82) is 0 Å².